The number of hydrogen-bond donors (Lipinski definition) is 0. The van der Waals surface area contributed by atoms with Crippen LogP contribution in [-0.4, -0.2) is 24.5 Å². The zero-order chi connectivity index (χ0) is 13.7. The Labute approximate surface area is 117 Å². The van der Waals surface area contributed by atoms with E-state index in [2.05, 4.69) is 46.6 Å². The molecular weight excluding hydrogens is 296 g/mol. The number of hydrogen-bond acceptors (Lipinski definition) is 3. The third kappa shape index (κ3) is 4.02. The molecule has 4 heteroatoms. The summed E-state index contributed by atoms with van der Waals surface area (Å²) in [5.74, 6) is 0.889. The topological polar surface area (TPSA) is 35.5 Å². The first kappa shape index (κ1) is 15.0. The zero-order valence-electron chi connectivity index (χ0n) is 11.2. The summed E-state index contributed by atoms with van der Waals surface area (Å²) in [5.41, 5.74) is 2.28. The monoisotopic (exact) mass is 314 g/mol. The number of methoxy groups -OCH3 is 1. The Morgan fingerprint density at radius 2 is 2.06 bits per heavy atom. The molecular formula is C14H19BrO3. The second-order valence-electron chi connectivity index (χ2n) is 4.50. The fourth-order valence-corrected chi connectivity index (χ4v) is 1.92. The minimum atomic E-state index is -0.442. The molecule has 0 aromatic heterocycles. The molecule has 0 aliphatic rings. The van der Waals surface area contributed by atoms with E-state index in [0.717, 1.165) is 16.9 Å². The van der Waals surface area contributed by atoms with Crippen LogP contribution in [0.1, 0.15) is 30.9 Å². The van der Waals surface area contributed by atoms with E-state index < -0.39 is 4.83 Å². The van der Waals surface area contributed by atoms with Gasteiger partial charge in [-0.05, 0) is 30.0 Å². The van der Waals surface area contributed by atoms with E-state index >= 15 is 0 Å². The molecule has 0 fully saturated rings. The summed E-state index contributed by atoms with van der Waals surface area (Å²) in [7, 11) is 1.36. The van der Waals surface area contributed by atoms with Gasteiger partial charge in [0.15, 0.2) is 0 Å². The highest BCUT2D eigenvalue weighted by Gasteiger charge is 2.17. The van der Waals surface area contributed by atoms with Gasteiger partial charge in [0.25, 0.3) is 0 Å². The molecule has 0 heterocycles. The molecule has 0 aliphatic carbocycles. The van der Waals surface area contributed by atoms with E-state index in [1.54, 1.807) is 0 Å². The SMILES string of the molecule is COC(=O)C(Br)COc1cc(C)ccc1C(C)C. The van der Waals surface area contributed by atoms with Crippen molar-refractivity contribution in [2.75, 3.05) is 13.7 Å². The van der Waals surface area contributed by atoms with E-state index in [-0.39, 0.29) is 12.6 Å². The van der Waals surface area contributed by atoms with Gasteiger partial charge in [-0.15, -0.1) is 0 Å². The minimum Gasteiger partial charge on any atom is -0.491 e. The molecule has 100 valence electrons. The molecule has 0 radical (unpaired) electrons. The van der Waals surface area contributed by atoms with Crippen molar-refractivity contribution < 1.29 is 14.3 Å². The molecule has 1 aromatic rings. The highest BCUT2D eigenvalue weighted by molar-refractivity contribution is 9.10. The van der Waals surface area contributed by atoms with E-state index in [1.165, 1.54) is 7.11 Å². The molecule has 0 saturated carbocycles. The molecule has 0 saturated heterocycles. The third-order valence-corrected chi connectivity index (χ3v) is 3.27. The smallest absolute Gasteiger partial charge is 0.322 e. The number of halogens is 1. The van der Waals surface area contributed by atoms with Crippen LogP contribution in [0, 0.1) is 6.92 Å². The lowest BCUT2D eigenvalue weighted by molar-refractivity contribution is -0.140. The zero-order valence-corrected chi connectivity index (χ0v) is 12.8. The molecule has 3 nitrogen and oxygen atoms in total. The second-order valence-corrected chi connectivity index (χ2v) is 5.60. The first-order valence-corrected chi connectivity index (χ1v) is 6.82. The lowest BCUT2D eigenvalue weighted by atomic mass is 10.0. The average Bonchev–Trinajstić information content (AvgIpc) is 2.34. The van der Waals surface area contributed by atoms with Crippen molar-refractivity contribution >= 4 is 21.9 Å². The fourth-order valence-electron chi connectivity index (χ4n) is 1.60. The standard InChI is InChI=1S/C14H19BrO3/c1-9(2)11-6-5-10(3)7-13(11)18-8-12(15)14(16)17-4/h5-7,9,12H,8H2,1-4H3. The number of rotatable bonds is 5. The lowest BCUT2D eigenvalue weighted by Crippen LogP contribution is -2.23. The Hall–Kier alpha value is -1.03. The van der Waals surface area contributed by atoms with Gasteiger partial charge in [-0.1, -0.05) is 41.9 Å². The molecule has 1 rings (SSSR count). The molecule has 1 atom stereocenters. The van der Waals surface area contributed by atoms with E-state index in [9.17, 15) is 4.79 Å². The molecule has 0 N–H and O–H groups in total. The van der Waals surface area contributed by atoms with Gasteiger partial charge in [-0.3, -0.25) is 4.79 Å². The van der Waals surface area contributed by atoms with Crippen molar-refractivity contribution in [1.29, 1.82) is 0 Å². The van der Waals surface area contributed by atoms with Gasteiger partial charge in [-0.25, -0.2) is 0 Å². The summed E-state index contributed by atoms with van der Waals surface area (Å²) in [6.45, 7) is 6.51. The van der Waals surface area contributed by atoms with Crippen molar-refractivity contribution in [1.82, 2.24) is 0 Å². The fraction of sp³-hybridized carbons (Fsp3) is 0.500. The second kappa shape index (κ2) is 6.78. The quantitative estimate of drug-likeness (QED) is 0.617. The van der Waals surface area contributed by atoms with Crippen LogP contribution < -0.4 is 4.74 Å². The number of alkyl halides is 1. The highest BCUT2D eigenvalue weighted by atomic mass is 79.9. The van der Waals surface area contributed by atoms with Gasteiger partial charge in [0.2, 0.25) is 0 Å². The normalized spacial score (nSPS) is 12.3. The van der Waals surface area contributed by atoms with Crippen LogP contribution in [0.2, 0.25) is 0 Å². The van der Waals surface area contributed by atoms with Gasteiger partial charge in [0.1, 0.15) is 17.2 Å². The number of esters is 1. The van der Waals surface area contributed by atoms with Crippen molar-refractivity contribution in [3.63, 3.8) is 0 Å². The molecule has 1 aromatic carbocycles. The van der Waals surface area contributed by atoms with Crippen molar-refractivity contribution in [3.05, 3.63) is 29.3 Å². The maximum absolute atomic E-state index is 11.3. The van der Waals surface area contributed by atoms with Crippen LogP contribution in [0.15, 0.2) is 18.2 Å². The summed E-state index contributed by atoms with van der Waals surface area (Å²) >= 11 is 3.24. The predicted molar refractivity (Wildman–Crippen MR) is 75.5 cm³/mol. The summed E-state index contributed by atoms with van der Waals surface area (Å²) in [4.78, 5) is 10.8. The van der Waals surface area contributed by atoms with E-state index in [4.69, 9.17) is 4.74 Å². The van der Waals surface area contributed by atoms with Crippen LogP contribution >= 0.6 is 15.9 Å². The van der Waals surface area contributed by atoms with Gasteiger partial charge < -0.3 is 9.47 Å². The van der Waals surface area contributed by atoms with Crippen LogP contribution in [0.3, 0.4) is 0 Å². The summed E-state index contributed by atoms with van der Waals surface area (Å²) in [6.07, 6.45) is 0. The summed E-state index contributed by atoms with van der Waals surface area (Å²) in [5, 5.41) is 0. The highest BCUT2D eigenvalue weighted by Crippen LogP contribution is 2.27. The Bertz CT molecular complexity index is 416. The molecule has 0 aliphatic heterocycles. The predicted octanol–water partition coefficient (Wildman–Crippen LogP) is 3.43. The molecule has 1 unspecified atom stereocenters. The Morgan fingerprint density at radius 1 is 1.39 bits per heavy atom. The molecule has 0 amide bonds. The maximum atomic E-state index is 11.3. The summed E-state index contributed by atoms with van der Waals surface area (Å²) < 4.78 is 10.4. The number of carbonyl (C=O) groups excluding carboxylic acids is 1. The number of ether oxygens (including phenoxy) is 2. The molecule has 0 bridgehead atoms. The first-order valence-electron chi connectivity index (χ1n) is 5.91. The Morgan fingerprint density at radius 3 is 2.61 bits per heavy atom. The van der Waals surface area contributed by atoms with Crippen LogP contribution in [0.25, 0.3) is 0 Å². The minimum absolute atomic E-state index is 0.260. The van der Waals surface area contributed by atoms with Gasteiger partial charge in [0, 0.05) is 0 Å². The van der Waals surface area contributed by atoms with Crippen molar-refractivity contribution in [2.24, 2.45) is 0 Å². The van der Waals surface area contributed by atoms with Crippen molar-refractivity contribution in [2.45, 2.75) is 31.5 Å². The van der Waals surface area contributed by atoms with Gasteiger partial charge in [-0.2, -0.15) is 0 Å². The largest absolute Gasteiger partial charge is 0.491 e. The van der Waals surface area contributed by atoms with Crippen LogP contribution in [0.5, 0.6) is 5.75 Å². The number of carbonyl (C=O) groups is 1. The average molecular weight is 315 g/mol. The summed E-state index contributed by atoms with van der Waals surface area (Å²) in [6, 6.07) is 6.12. The first-order chi connectivity index (χ1) is 8.45. The molecule has 0 spiro atoms. The maximum Gasteiger partial charge on any atom is 0.322 e. The van der Waals surface area contributed by atoms with Crippen LogP contribution in [-0.2, 0) is 9.53 Å². The van der Waals surface area contributed by atoms with E-state index in [1.807, 2.05) is 13.0 Å². The van der Waals surface area contributed by atoms with Crippen LogP contribution in [0.4, 0.5) is 0 Å². The third-order valence-electron chi connectivity index (χ3n) is 2.63. The Kier molecular flexibility index (Phi) is 5.66. The van der Waals surface area contributed by atoms with Gasteiger partial charge in [0.05, 0.1) is 7.11 Å². The Balaban J connectivity index is 2.77. The number of benzene rings is 1. The number of aryl methyl sites for hydroxylation is 1. The van der Waals surface area contributed by atoms with E-state index in [0.29, 0.717) is 5.92 Å². The van der Waals surface area contributed by atoms with Crippen molar-refractivity contribution in [3.8, 4) is 5.75 Å². The molecule has 18 heavy (non-hydrogen) atoms. The lowest BCUT2D eigenvalue weighted by Gasteiger charge is -2.16. The van der Waals surface area contributed by atoms with Gasteiger partial charge >= 0.3 is 5.97 Å².